The van der Waals surface area contributed by atoms with E-state index in [-0.39, 0.29) is 5.91 Å². The molecule has 2 fully saturated rings. The molecule has 21 heavy (non-hydrogen) atoms. The molecule has 114 valence electrons. The van der Waals surface area contributed by atoms with Crippen LogP contribution in [0.2, 0.25) is 5.02 Å². The molecule has 0 radical (unpaired) electrons. The van der Waals surface area contributed by atoms with Crippen molar-refractivity contribution < 1.29 is 4.79 Å². The highest BCUT2D eigenvalue weighted by Crippen LogP contribution is 2.39. The molecule has 1 aromatic carbocycles. The van der Waals surface area contributed by atoms with Gasteiger partial charge in [0.1, 0.15) is 0 Å². The third-order valence-electron chi connectivity index (χ3n) is 5.18. The molecule has 0 bridgehead atoms. The van der Waals surface area contributed by atoms with Crippen LogP contribution in [0.15, 0.2) is 18.2 Å². The average molecular weight is 307 g/mol. The molecule has 2 aliphatic heterocycles. The lowest BCUT2D eigenvalue weighted by Crippen LogP contribution is -2.47. The number of piperidine rings is 2. The van der Waals surface area contributed by atoms with E-state index in [0.717, 1.165) is 55.2 Å². The molecule has 1 amide bonds. The number of halogens is 1. The van der Waals surface area contributed by atoms with Gasteiger partial charge in [-0.1, -0.05) is 11.6 Å². The molecular weight excluding hydrogens is 284 g/mol. The van der Waals surface area contributed by atoms with Gasteiger partial charge in [0, 0.05) is 23.7 Å². The molecule has 1 spiro atoms. The minimum atomic E-state index is 0.151. The van der Waals surface area contributed by atoms with Crippen LogP contribution >= 0.6 is 11.6 Å². The van der Waals surface area contributed by atoms with Crippen LogP contribution in [0.5, 0.6) is 0 Å². The van der Waals surface area contributed by atoms with Crippen LogP contribution in [0.1, 0.15) is 41.6 Å². The number of rotatable bonds is 1. The molecule has 2 aliphatic rings. The number of carbonyl (C=O) groups excluding carboxylic acids is 1. The fourth-order valence-electron chi connectivity index (χ4n) is 3.60. The quantitative estimate of drug-likeness (QED) is 0.864. The summed E-state index contributed by atoms with van der Waals surface area (Å²) in [6.07, 6.45) is 4.81. The first-order valence-electron chi connectivity index (χ1n) is 7.86. The lowest BCUT2D eigenvalue weighted by molar-refractivity contribution is 0.0495. The highest BCUT2D eigenvalue weighted by Gasteiger charge is 2.36. The lowest BCUT2D eigenvalue weighted by atomic mass is 9.71. The molecule has 2 saturated heterocycles. The third-order valence-corrected chi connectivity index (χ3v) is 5.60. The number of hydrogen-bond acceptors (Lipinski definition) is 2. The lowest BCUT2D eigenvalue weighted by Gasteiger charge is -2.44. The van der Waals surface area contributed by atoms with Crippen molar-refractivity contribution in [3.63, 3.8) is 0 Å². The standard InChI is InChI=1S/C17H23ClN2O/c1-13-12-14(2-3-15(13)18)16(21)20-10-6-17(7-11-20)4-8-19-9-5-17/h2-3,12,19H,4-11H2,1H3. The highest BCUT2D eigenvalue weighted by atomic mass is 35.5. The number of likely N-dealkylation sites (tertiary alicyclic amines) is 1. The molecule has 3 rings (SSSR count). The topological polar surface area (TPSA) is 32.3 Å². The van der Waals surface area contributed by atoms with Crippen LogP contribution in [0.3, 0.4) is 0 Å². The van der Waals surface area contributed by atoms with Crippen molar-refractivity contribution in [2.24, 2.45) is 5.41 Å². The largest absolute Gasteiger partial charge is 0.339 e. The van der Waals surface area contributed by atoms with E-state index in [4.69, 9.17) is 11.6 Å². The predicted octanol–water partition coefficient (Wildman–Crippen LogP) is 3.25. The van der Waals surface area contributed by atoms with Crippen molar-refractivity contribution in [2.75, 3.05) is 26.2 Å². The second kappa shape index (κ2) is 5.98. The third kappa shape index (κ3) is 3.09. The van der Waals surface area contributed by atoms with E-state index in [9.17, 15) is 4.79 Å². The summed E-state index contributed by atoms with van der Waals surface area (Å²) in [5.74, 6) is 0.151. The van der Waals surface area contributed by atoms with Crippen molar-refractivity contribution in [1.82, 2.24) is 10.2 Å². The van der Waals surface area contributed by atoms with Crippen molar-refractivity contribution in [3.05, 3.63) is 34.3 Å². The van der Waals surface area contributed by atoms with E-state index in [2.05, 4.69) is 5.32 Å². The Bertz CT molecular complexity index is 528. The van der Waals surface area contributed by atoms with E-state index in [1.54, 1.807) is 0 Å². The molecule has 0 unspecified atom stereocenters. The molecule has 3 nitrogen and oxygen atoms in total. The summed E-state index contributed by atoms with van der Waals surface area (Å²) in [6, 6.07) is 5.56. The number of amides is 1. The number of carbonyl (C=O) groups is 1. The van der Waals surface area contributed by atoms with Gasteiger partial charge in [-0.05, 0) is 74.9 Å². The SMILES string of the molecule is Cc1cc(C(=O)N2CCC3(CCNCC3)CC2)ccc1Cl. The Morgan fingerprint density at radius 2 is 1.86 bits per heavy atom. The van der Waals surface area contributed by atoms with E-state index in [1.807, 2.05) is 30.0 Å². The van der Waals surface area contributed by atoms with Crippen LogP contribution in [-0.4, -0.2) is 37.0 Å². The predicted molar refractivity (Wildman–Crippen MR) is 85.9 cm³/mol. The van der Waals surface area contributed by atoms with E-state index < -0.39 is 0 Å². The normalized spacial score (nSPS) is 21.5. The van der Waals surface area contributed by atoms with Crippen molar-refractivity contribution in [1.29, 1.82) is 0 Å². The maximum atomic E-state index is 12.6. The summed E-state index contributed by atoms with van der Waals surface area (Å²) in [5, 5.41) is 4.16. The monoisotopic (exact) mass is 306 g/mol. The zero-order chi connectivity index (χ0) is 14.9. The van der Waals surface area contributed by atoms with Gasteiger partial charge >= 0.3 is 0 Å². The molecule has 1 N–H and O–H groups in total. The zero-order valence-corrected chi connectivity index (χ0v) is 13.4. The molecule has 2 heterocycles. The number of nitrogens with zero attached hydrogens (tertiary/aromatic N) is 1. The van der Waals surface area contributed by atoms with E-state index in [1.165, 1.54) is 12.8 Å². The van der Waals surface area contributed by atoms with Crippen LogP contribution in [0.4, 0.5) is 0 Å². The minimum Gasteiger partial charge on any atom is -0.339 e. The number of nitrogens with one attached hydrogen (secondary N) is 1. The molecule has 0 aromatic heterocycles. The number of benzene rings is 1. The van der Waals surface area contributed by atoms with E-state index in [0.29, 0.717) is 5.41 Å². The first-order chi connectivity index (χ1) is 10.1. The highest BCUT2D eigenvalue weighted by molar-refractivity contribution is 6.31. The Morgan fingerprint density at radius 3 is 2.48 bits per heavy atom. The Kier molecular flexibility index (Phi) is 4.23. The maximum absolute atomic E-state index is 12.6. The Morgan fingerprint density at radius 1 is 1.19 bits per heavy atom. The van der Waals surface area contributed by atoms with Gasteiger partial charge < -0.3 is 10.2 Å². The second-order valence-corrected chi connectivity index (χ2v) is 6.91. The molecule has 0 saturated carbocycles. The smallest absolute Gasteiger partial charge is 0.253 e. The summed E-state index contributed by atoms with van der Waals surface area (Å²) in [4.78, 5) is 14.6. The van der Waals surface area contributed by atoms with Gasteiger partial charge in [-0.2, -0.15) is 0 Å². The summed E-state index contributed by atoms with van der Waals surface area (Å²) in [7, 11) is 0. The van der Waals surface area contributed by atoms with Crippen molar-refractivity contribution in [3.8, 4) is 0 Å². The van der Waals surface area contributed by atoms with Crippen LogP contribution in [0, 0.1) is 12.3 Å². The van der Waals surface area contributed by atoms with Crippen LogP contribution in [0.25, 0.3) is 0 Å². The summed E-state index contributed by atoms with van der Waals surface area (Å²) in [6.45, 7) is 5.98. The fourth-order valence-corrected chi connectivity index (χ4v) is 3.72. The number of aryl methyl sites for hydroxylation is 1. The summed E-state index contributed by atoms with van der Waals surface area (Å²) in [5.41, 5.74) is 2.21. The molecular formula is C17H23ClN2O. The zero-order valence-electron chi connectivity index (χ0n) is 12.6. The second-order valence-electron chi connectivity index (χ2n) is 6.51. The summed E-state index contributed by atoms with van der Waals surface area (Å²) < 4.78 is 0. The van der Waals surface area contributed by atoms with Crippen molar-refractivity contribution >= 4 is 17.5 Å². The van der Waals surface area contributed by atoms with Gasteiger partial charge in [0.2, 0.25) is 0 Å². The van der Waals surface area contributed by atoms with Gasteiger partial charge in [0.15, 0.2) is 0 Å². The minimum absolute atomic E-state index is 0.151. The average Bonchev–Trinajstić information content (AvgIpc) is 2.51. The Balaban J connectivity index is 1.65. The van der Waals surface area contributed by atoms with Gasteiger partial charge in [-0.15, -0.1) is 0 Å². The van der Waals surface area contributed by atoms with Crippen molar-refractivity contribution in [2.45, 2.75) is 32.6 Å². The van der Waals surface area contributed by atoms with Gasteiger partial charge in [0.05, 0.1) is 0 Å². The number of hydrogen-bond donors (Lipinski definition) is 1. The fraction of sp³-hybridized carbons (Fsp3) is 0.588. The van der Waals surface area contributed by atoms with Crippen LogP contribution < -0.4 is 5.32 Å². The maximum Gasteiger partial charge on any atom is 0.253 e. The summed E-state index contributed by atoms with van der Waals surface area (Å²) >= 11 is 6.04. The molecule has 4 heteroatoms. The molecule has 1 aromatic rings. The van der Waals surface area contributed by atoms with Gasteiger partial charge in [-0.3, -0.25) is 4.79 Å². The molecule has 0 aliphatic carbocycles. The first-order valence-corrected chi connectivity index (χ1v) is 8.24. The van der Waals surface area contributed by atoms with Gasteiger partial charge in [0.25, 0.3) is 5.91 Å². The van der Waals surface area contributed by atoms with E-state index >= 15 is 0 Å². The molecule has 0 atom stereocenters. The first kappa shape index (κ1) is 14.9. The Hall–Kier alpha value is -1.06. The van der Waals surface area contributed by atoms with Crippen LogP contribution in [-0.2, 0) is 0 Å². The Labute approximate surface area is 131 Å². The van der Waals surface area contributed by atoms with Gasteiger partial charge in [-0.25, -0.2) is 0 Å².